The summed E-state index contributed by atoms with van der Waals surface area (Å²) in [5.74, 6) is -0.665. The van der Waals surface area contributed by atoms with E-state index in [0.717, 1.165) is 107 Å². The number of carbonyl (C=O) groups excluding carboxylic acids is 2. The summed E-state index contributed by atoms with van der Waals surface area (Å²) in [7, 11) is -10.8. The van der Waals surface area contributed by atoms with Crippen LogP contribution in [0.25, 0.3) is 33.4 Å². The Kier molecular flexibility index (Phi) is 35.1. The average molecular weight is 1260 g/mol. The number of sulfonamides is 1. The van der Waals surface area contributed by atoms with Gasteiger partial charge in [0.05, 0.1) is 11.0 Å². The van der Waals surface area contributed by atoms with Crippen LogP contribution in [-0.2, 0) is 48.3 Å². The molecule has 0 saturated carbocycles. The van der Waals surface area contributed by atoms with Crippen molar-refractivity contribution in [3.8, 4) is 22.5 Å². The summed E-state index contributed by atoms with van der Waals surface area (Å²) >= 11 is 0. The van der Waals surface area contributed by atoms with Crippen LogP contribution in [-0.4, -0.2) is 97.9 Å². The zero-order valence-electron chi connectivity index (χ0n) is 52.6. The molecule has 482 valence electrons. The van der Waals surface area contributed by atoms with Gasteiger partial charge in [-0.15, -0.1) is 0 Å². The van der Waals surface area contributed by atoms with Gasteiger partial charge >= 0.3 is 20.1 Å². The van der Waals surface area contributed by atoms with E-state index in [1.165, 1.54) is 89.2 Å². The van der Waals surface area contributed by atoms with Crippen LogP contribution in [0.1, 0.15) is 207 Å². The summed E-state index contributed by atoms with van der Waals surface area (Å²) in [6.07, 6.45) is 36.9. The highest BCUT2D eigenvalue weighted by atomic mass is 32.2. The molecule has 0 saturated heterocycles. The number of rotatable bonds is 47. The van der Waals surface area contributed by atoms with Crippen LogP contribution in [0.5, 0.6) is 0 Å². The van der Waals surface area contributed by atoms with Crippen molar-refractivity contribution in [1.29, 1.82) is 0 Å². The predicted molar refractivity (Wildman–Crippen MR) is 345 cm³/mol. The van der Waals surface area contributed by atoms with E-state index in [1.54, 1.807) is 12.1 Å². The Bertz CT molecular complexity index is 2950. The molecule has 0 bridgehead atoms. The monoisotopic (exact) mass is 1260 g/mol. The third-order valence-corrected chi connectivity index (χ3v) is 18.6. The Morgan fingerprint density at radius 2 is 1.17 bits per heavy atom. The van der Waals surface area contributed by atoms with E-state index in [9.17, 15) is 40.8 Å². The number of benzene rings is 3. The molecule has 2 atom stereocenters. The molecule has 1 unspecified atom stereocenters. The highest BCUT2D eigenvalue weighted by molar-refractivity contribution is 7.89. The third-order valence-electron chi connectivity index (χ3n) is 15.2. The highest BCUT2D eigenvalue weighted by Gasteiger charge is 2.32. The molecule has 0 amide bonds. The maximum atomic E-state index is 13.7. The van der Waals surface area contributed by atoms with Gasteiger partial charge in [0.2, 0.25) is 15.4 Å². The number of carbonyl (C=O) groups is 2. The van der Waals surface area contributed by atoms with Gasteiger partial charge in [-0.3, -0.25) is 14.1 Å². The molecule has 2 aromatic rings. The Hall–Kier alpha value is -4.56. The van der Waals surface area contributed by atoms with E-state index in [0.29, 0.717) is 40.7 Å². The summed E-state index contributed by atoms with van der Waals surface area (Å²) in [5, 5.41) is 1.32. The molecule has 17 nitrogen and oxygen atoms in total. The average Bonchev–Trinajstić information content (AvgIpc) is 0.816. The number of hydrogen-bond acceptors (Lipinski definition) is 14. The smallest absolute Gasteiger partial charge is 0.376 e. The van der Waals surface area contributed by atoms with Crippen molar-refractivity contribution in [3.05, 3.63) is 84.3 Å². The van der Waals surface area contributed by atoms with Crippen molar-refractivity contribution in [2.24, 2.45) is 0 Å². The fourth-order valence-electron chi connectivity index (χ4n) is 10.2. The first-order chi connectivity index (χ1) is 41.3. The number of fused-ring (bicyclic) bond motifs is 2. The molecule has 0 spiro atoms. The number of allylic oxidation sites excluding steroid dienone is 4. The quantitative estimate of drug-likeness (QED) is 0.00710. The normalized spacial score (nSPS) is 13.3. The van der Waals surface area contributed by atoms with E-state index >= 15 is 0 Å². The lowest BCUT2D eigenvalue weighted by atomic mass is 9.93. The number of nitrogens with one attached hydrogen (secondary N) is 1. The lowest BCUT2D eigenvalue weighted by Gasteiger charge is -2.23. The fourth-order valence-corrected chi connectivity index (χ4v) is 12.8. The Labute approximate surface area is 515 Å². The first kappa shape index (κ1) is 73.9. The van der Waals surface area contributed by atoms with Crippen LogP contribution in [0.2, 0.25) is 0 Å². The summed E-state index contributed by atoms with van der Waals surface area (Å²) in [6.45, 7) is 7.61. The van der Waals surface area contributed by atoms with Crippen LogP contribution in [0, 0.1) is 0 Å². The van der Waals surface area contributed by atoms with Gasteiger partial charge in [-0.2, -0.15) is 22.4 Å². The minimum absolute atomic E-state index is 0.0207. The topological polar surface area (TPSA) is 234 Å². The van der Waals surface area contributed by atoms with Crippen molar-refractivity contribution in [2.75, 3.05) is 58.5 Å². The van der Waals surface area contributed by atoms with E-state index in [4.69, 9.17) is 22.9 Å². The maximum absolute atomic E-state index is 13.7. The van der Waals surface area contributed by atoms with Crippen molar-refractivity contribution in [2.45, 2.75) is 223 Å². The second kappa shape index (κ2) is 40.9. The molecular formula is C66H103N3O14PS2+. The van der Waals surface area contributed by atoms with Crippen molar-refractivity contribution in [3.63, 3.8) is 0 Å². The number of phosphoric ester groups is 1. The Morgan fingerprint density at radius 3 is 1.71 bits per heavy atom. The van der Waals surface area contributed by atoms with Gasteiger partial charge in [0, 0.05) is 72.4 Å². The van der Waals surface area contributed by atoms with Crippen LogP contribution >= 0.6 is 8.17 Å². The summed E-state index contributed by atoms with van der Waals surface area (Å²) in [6, 6.07) is 14.3. The summed E-state index contributed by atoms with van der Waals surface area (Å²) in [5.41, 5.74) is 2.22. The summed E-state index contributed by atoms with van der Waals surface area (Å²) < 4.78 is 96.4. The number of anilines is 1. The lowest BCUT2D eigenvalue weighted by molar-refractivity contribution is -0.245. The molecule has 0 fully saturated rings. The van der Waals surface area contributed by atoms with Crippen LogP contribution in [0.3, 0.4) is 0 Å². The molecule has 0 radical (unpaired) electrons. The zero-order valence-corrected chi connectivity index (χ0v) is 55.1. The minimum Gasteiger partial charge on any atom is -0.606 e. The van der Waals surface area contributed by atoms with Gasteiger partial charge in [0.1, 0.15) is 50.2 Å². The van der Waals surface area contributed by atoms with Crippen LogP contribution in [0.4, 0.5) is 5.69 Å². The van der Waals surface area contributed by atoms with Crippen molar-refractivity contribution in [1.82, 2.24) is 9.30 Å². The number of nitrogens with zero attached hydrogens (tertiary/aromatic N) is 2. The molecule has 1 aliphatic heterocycles. The zero-order chi connectivity index (χ0) is 62.6. The molecule has 0 aromatic heterocycles. The van der Waals surface area contributed by atoms with Gasteiger partial charge in [-0.05, 0) is 108 Å². The number of unbranched alkanes of at least 4 members (excludes halogenated alkanes) is 22. The van der Waals surface area contributed by atoms with E-state index < -0.39 is 82.5 Å². The number of esters is 2. The molecule has 20 heteroatoms. The van der Waals surface area contributed by atoms with Crippen molar-refractivity contribution < 1.29 is 63.7 Å². The molecule has 86 heavy (non-hydrogen) atoms. The second-order valence-corrected chi connectivity index (χ2v) is 27.1. The van der Waals surface area contributed by atoms with Crippen LogP contribution < -0.4 is 24.4 Å². The third kappa shape index (κ3) is 27.9. The van der Waals surface area contributed by atoms with E-state index in [2.05, 4.69) is 47.8 Å². The molecule has 4 rings (SSSR count). The molecule has 1 heterocycles. The minimum atomic E-state index is -5.07. The van der Waals surface area contributed by atoms with E-state index in [1.807, 2.05) is 56.8 Å². The van der Waals surface area contributed by atoms with Crippen molar-refractivity contribution >= 4 is 56.9 Å². The standard InChI is InChI=1S/C66H102N3O14PS2/c1-7-11-13-15-17-19-21-23-25-27-29-31-33-35-37-39-64(70)79-52-56(82-65(71)40-38-36-34-32-30-28-26-24-22-20-18-16-14-12-8-2)53-81-84(72,73)80-48-47-67-85(74,75)57-43-46-60(63(51-57)86(76,77)78)66-58-44-41-54(68(5)6)49-61(58)83-62-50-55(42-45-59(62)66)69(9-3)10-4/h23-26,41-46,49-51,56,67H,7-22,27-40,47-48,52-53H2,1-6H3,(H-,72,73,76,77,78)/p+1/b25-23-,26-24-/t56-/m1/s1. The maximum Gasteiger partial charge on any atom is 0.376 e. The molecule has 2 aliphatic rings. The lowest BCUT2D eigenvalue weighted by Crippen LogP contribution is -2.32. The molecule has 2 aromatic carbocycles. The summed E-state index contributed by atoms with van der Waals surface area (Å²) in [4.78, 5) is 50.6. The van der Waals surface area contributed by atoms with Crippen LogP contribution in [0.15, 0.2) is 93.1 Å². The number of phosphoric acid groups is 1. The SMILES string of the molecule is CCCCCCCC/C=C\CCCCCCCC(=O)OC[C@H](CO[P+]([O-])(O)OCCNS(=O)(=O)c1ccc(-c2c3ccc(=[N+](C)C)cc-3oc3cc(N(CC)CC)ccc23)c(S(=O)(=O)O)c1)OC(=O)CCCCCCC/C=C\CCCCCCCC. The van der Waals surface area contributed by atoms with Gasteiger partial charge in [0.15, 0.2) is 6.10 Å². The number of hydrogen-bond donors (Lipinski definition) is 3. The van der Waals surface area contributed by atoms with Gasteiger partial charge in [-0.1, -0.05) is 147 Å². The second-order valence-electron chi connectivity index (χ2n) is 22.5. The van der Waals surface area contributed by atoms with Gasteiger partial charge in [-0.25, -0.2) is 17.7 Å². The van der Waals surface area contributed by atoms with E-state index in [-0.39, 0.29) is 18.4 Å². The van der Waals surface area contributed by atoms with Gasteiger partial charge in [0.25, 0.3) is 10.1 Å². The first-order valence-electron chi connectivity index (χ1n) is 32.0. The first-order valence-corrected chi connectivity index (χ1v) is 36.4. The van der Waals surface area contributed by atoms with Gasteiger partial charge < -0.3 is 23.7 Å². The predicted octanol–water partition coefficient (Wildman–Crippen LogP) is 14.2. The number of ether oxygens (including phenoxy) is 2. The largest absolute Gasteiger partial charge is 0.606 e. The Morgan fingerprint density at radius 1 is 0.651 bits per heavy atom. The Balaban J connectivity index is 1.34. The molecule has 1 aliphatic carbocycles. The highest BCUT2D eigenvalue weighted by Crippen LogP contribution is 2.48. The molecule has 3 N–H and O–H groups in total. The molecular weight excluding hydrogens is 1150 g/mol. The fraction of sp³-hybridized carbons (Fsp3) is 0.621.